The average molecular weight is 414 g/mol. The van der Waals surface area contributed by atoms with E-state index in [1.54, 1.807) is 19.2 Å². The van der Waals surface area contributed by atoms with Crippen LogP contribution in [0.2, 0.25) is 0 Å². The number of para-hydroxylation sites is 1. The van der Waals surface area contributed by atoms with Crippen molar-refractivity contribution in [1.29, 1.82) is 0 Å². The third-order valence-corrected chi connectivity index (χ3v) is 5.14. The molecule has 152 valence electrons. The SMILES string of the molecule is CCc1ccccc1NC(=O)CN(C)C(=O)CSc1nnc(-c2ccco2)n1N. The van der Waals surface area contributed by atoms with E-state index in [0.29, 0.717) is 16.7 Å². The first-order valence-electron chi connectivity index (χ1n) is 8.98. The van der Waals surface area contributed by atoms with E-state index in [4.69, 9.17) is 10.3 Å². The van der Waals surface area contributed by atoms with Crippen LogP contribution >= 0.6 is 11.8 Å². The van der Waals surface area contributed by atoms with Crippen molar-refractivity contribution in [2.75, 3.05) is 30.5 Å². The van der Waals surface area contributed by atoms with Gasteiger partial charge in [0, 0.05) is 12.7 Å². The Kier molecular flexibility index (Phi) is 6.55. The van der Waals surface area contributed by atoms with E-state index in [2.05, 4.69) is 15.5 Å². The number of rotatable bonds is 8. The average Bonchev–Trinajstić information content (AvgIpc) is 3.36. The van der Waals surface area contributed by atoms with Gasteiger partial charge >= 0.3 is 0 Å². The van der Waals surface area contributed by atoms with Crippen molar-refractivity contribution >= 4 is 29.3 Å². The molecular weight excluding hydrogens is 392 g/mol. The van der Waals surface area contributed by atoms with Crippen molar-refractivity contribution in [1.82, 2.24) is 19.8 Å². The quantitative estimate of drug-likeness (QED) is 0.427. The van der Waals surface area contributed by atoms with Crippen LogP contribution in [0.25, 0.3) is 11.6 Å². The summed E-state index contributed by atoms with van der Waals surface area (Å²) in [5.74, 6) is 6.42. The molecule has 1 aromatic carbocycles. The van der Waals surface area contributed by atoms with Gasteiger partial charge in [-0.1, -0.05) is 36.9 Å². The standard InChI is InChI=1S/C19H22N6O3S/c1-3-13-7-4-5-8-14(13)21-16(26)11-24(2)17(27)12-29-19-23-22-18(25(19)20)15-9-6-10-28-15/h4-10H,3,11-12,20H2,1-2H3,(H,21,26). The number of amides is 2. The number of carbonyl (C=O) groups is 2. The lowest BCUT2D eigenvalue weighted by atomic mass is 10.1. The minimum absolute atomic E-state index is 0.0512. The molecule has 0 bridgehead atoms. The lowest BCUT2D eigenvalue weighted by molar-refractivity contribution is -0.131. The Morgan fingerprint density at radius 1 is 1.24 bits per heavy atom. The minimum atomic E-state index is -0.256. The molecule has 0 aliphatic carbocycles. The second-order valence-corrected chi connectivity index (χ2v) is 7.19. The zero-order valence-electron chi connectivity index (χ0n) is 16.2. The summed E-state index contributed by atoms with van der Waals surface area (Å²) in [5, 5.41) is 11.2. The van der Waals surface area contributed by atoms with Crippen molar-refractivity contribution in [3.05, 3.63) is 48.2 Å². The van der Waals surface area contributed by atoms with Gasteiger partial charge in [-0.3, -0.25) is 9.59 Å². The number of hydrogen-bond donors (Lipinski definition) is 2. The van der Waals surface area contributed by atoms with E-state index >= 15 is 0 Å². The number of furan rings is 1. The van der Waals surface area contributed by atoms with Gasteiger partial charge in [0.15, 0.2) is 5.76 Å². The molecule has 2 aromatic heterocycles. The van der Waals surface area contributed by atoms with Crippen molar-refractivity contribution in [2.24, 2.45) is 0 Å². The van der Waals surface area contributed by atoms with Gasteiger partial charge in [-0.05, 0) is 30.2 Å². The fourth-order valence-corrected chi connectivity index (χ4v) is 3.43. The Bertz CT molecular complexity index is 986. The van der Waals surface area contributed by atoms with Crippen LogP contribution < -0.4 is 11.2 Å². The maximum Gasteiger partial charge on any atom is 0.243 e. The molecule has 29 heavy (non-hydrogen) atoms. The topological polar surface area (TPSA) is 119 Å². The van der Waals surface area contributed by atoms with Crippen LogP contribution in [0.15, 0.2) is 52.2 Å². The number of nitrogen functional groups attached to an aromatic ring is 1. The molecule has 2 amide bonds. The molecule has 9 nitrogen and oxygen atoms in total. The molecule has 0 aliphatic heterocycles. The summed E-state index contributed by atoms with van der Waals surface area (Å²) in [6, 6.07) is 11.0. The predicted octanol–water partition coefficient (Wildman–Crippen LogP) is 2.00. The molecule has 0 spiro atoms. The number of nitrogens with zero attached hydrogens (tertiary/aromatic N) is 4. The number of aryl methyl sites for hydroxylation is 1. The highest BCUT2D eigenvalue weighted by Gasteiger charge is 2.18. The van der Waals surface area contributed by atoms with Crippen molar-refractivity contribution < 1.29 is 14.0 Å². The summed E-state index contributed by atoms with van der Waals surface area (Å²) in [6.45, 7) is 1.97. The minimum Gasteiger partial charge on any atom is -0.461 e. The number of nitrogens with one attached hydrogen (secondary N) is 1. The predicted molar refractivity (Wildman–Crippen MR) is 111 cm³/mol. The number of nitrogens with two attached hydrogens (primary N) is 1. The first kappa shape index (κ1) is 20.5. The van der Waals surface area contributed by atoms with Crippen LogP contribution in [0.3, 0.4) is 0 Å². The van der Waals surface area contributed by atoms with Crippen LogP contribution in [0, 0.1) is 0 Å². The third kappa shape index (κ3) is 4.96. The highest BCUT2D eigenvalue weighted by atomic mass is 32.2. The number of likely N-dealkylation sites (N-methyl/N-ethyl adjacent to an activating group) is 1. The summed E-state index contributed by atoms with van der Waals surface area (Å²) in [5.41, 5.74) is 1.80. The van der Waals surface area contributed by atoms with Crippen LogP contribution in [0.5, 0.6) is 0 Å². The van der Waals surface area contributed by atoms with Crippen LogP contribution in [0.1, 0.15) is 12.5 Å². The van der Waals surface area contributed by atoms with Crippen molar-refractivity contribution in [2.45, 2.75) is 18.5 Å². The number of hydrogen-bond acceptors (Lipinski definition) is 7. The molecule has 3 rings (SSSR count). The second-order valence-electron chi connectivity index (χ2n) is 6.25. The van der Waals surface area contributed by atoms with Gasteiger partial charge in [0.1, 0.15) is 0 Å². The number of aromatic nitrogens is 3. The molecule has 0 saturated heterocycles. The number of thioether (sulfide) groups is 1. The molecule has 0 atom stereocenters. The van der Waals surface area contributed by atoms with Crippen molar-refractivity contribution in [3.63, 3.8) is 0 Å². The number of anilines is 1. The van der Waals surface area contributed by atoms with E-state index < -0.39 is 0 Å². The van der Waals surface area contributed by atoms with Gasteiger partial charge in [0.05, 0.1) is 18.6 Å². The fraction of sp³-hybridized carbons (Fsp3) is 0.263. The Labute approximate surface area is 172 Å². The summed E-state index contributed by atoms with van der Waals surface area (Å²) in [7, 11) is 1.58. The summed E-state index contributed by atoms with van der Waals surface area (Å²) in [6.07, 6.45) is 2.32. The van der Waals surface area contributed by atoms with Crippen LogP contribution in [0.4, 0.5) is 5.69 Å². The largest absolute Gasteiger partial charge is 0.461 e. The Morgan fingerprint density at radius 2 is 2.03 bits per heavy atom. The maximum atomic E-state index is 12.4. The van der Waals surface area contributed by atoms with Crippen LogP contribution in [-0.2, 0) is 16.0 Å². The van der Waals surface area contributed by atoms with E-state index in [1.165, 1.54) is 15.8 Å². The first-order valence-corrected chi connectivity index (χ1v) is 9.97. The zero-order chi connectivity index (χ0) is 20.8. The van der Waals surface area contributed by atoms with Gasteiger partial charge < -0.3 is 20.5 Å². The number of carbonyl (C=O) groups excluding carboxylic acids is 2. The van der Waals surface area contributed by atoms with Gasteiger partial charge in [-0.15, -0.1) is 10.2 Å². The smallest absolute Gasteiger partial charge is 0.243 e. The normalized spacial score (nSPS) is 10.7. The molecule has 0 saturated carbocycles. The van der Waals surface area contributed by atoms with E-state index in [9.17, 15) is 9.59 Å². The lowest BCUT2D eigenvalue weighted by Gasteiger charge is -2.17. The van der Waals surface area contributed by atoms with Gasteiger partial charge in [0.2, 0.25) is 22.8 Å². The van der Waals surface area contributed by atoms with Crippen molar-refractivity contribution in [3.8, 4) is 11.6 Å². The monoisotopic (exact) mass is 414 g/mol. The van der Waals surface area contributed by atoms with E-state index in [1.807, 2.05) is 31.2 Å². The van der Waals surface area contributed by atoms with Gasteiger partial charge in [-0.2, -0.15) is 0 Å². The molecule has 0 aliphatic rings. The van der Waals surface area contributed by atoms with Crippen LogP contribution in [-0.4, -0.2) is 50.9 Å². The molecule has 0 unspecified atom stereocenters. The van der Waals surface area contributed by atoms with E-state index in [-0.39, 0.29) is 24.1 Å². The molecule has 10 heteroatoms. The highest BCUT2D eigenvalue weighted by molar-refractivity contribution is 7.99. The molecule has 0 fully saturated rings. The zero-order valence-corrected chi connectivity index (χ0v) is 17.0. The number of benzene rings is 1. The Hall–Kier alpha value is -3.27. The fourth-order valence-electron chi connectivity index (χ4n) is 2.63. The molecule has 3 N–H and O–H groups in total. The Balaban J connectivity index is 1.52. The molecular formula is C19H22N6O3S. The summed E-state index contributed by atoms with van der Waals surface area (Å²) >= 11 is 1.14. The lowest BCUT2D eigenvalue weighted by Crippen LogP contribution is -2.36. The van der Waals surface area contributed by atoms with Gasteiger partial charge in [0.25, 0.3) is 0 Å². The second kappa shape index (κ2) is 9.28. The summed E-state index contributed by atoms with van der Waals surface area (Å²) < 4.78 is 6.52. The molecule has 0 radical (unpaired) electrons. The van der Waals surface area contributed by atoms with E-state index in [0.717, 1.165) is 29.4 Å². The van der Waals surface area contributed by atoms with Gasteiger partial charge in [-0.25, -0.2) is 4.68 Å². The molecule has 2 heterocycles. The maximum absolute atomic E-state index is 12.4. The molecule has 3 aromatic rings. The first-order chi connectivity index (χ1) is 14.0. The Morgan fingerprint density at radius 3 is 2.76 bits per heavy atom. The highest BCUT2D eigenvalue weighted by Crippen LogP contribution is 2.22. The summed E-state index contributed by atoms with van der Waals surface area (Å²) in [4.78, 5) is 26.0. The third-order valence-electron chi connectivity index (χ3n) is 4.21.